The van der Waals surface area contributed by atoms with Crippen LogP contribution in [0.3, 0.4) is 0 Å². The molecule has 33 heavy (non-hydrogen) atoms. The van der Waals surface area contributed by atoms with E-state index in [4.69, 9.17) is 16.3 Å². The second-order valence-electron chi connectivity index (χ2n) is 7.94. The lowest BCUT2D eigenvalue weighted by atomic mass is 10.2. The number of hydrogen-bond acceptors (Lipinski definition) is 5. The highest BCUT2D eigenvalue weighted by atomic mass is 35.5. The highest BCUT2D eigenvalue weighted by molar-refractivity contribution is 8.00. The molecule has 1 heterocycles. The lowest BCUT2D eigenvalue weighted by Gasteiger charge is -2.18. The molecule has 0 saturated carbocycles. The molecule has 2 unspecified atom stereocenters. The molecule has 3 rings (SSSR count). The van der Waals surface area contributed by atoms with Gasteiger partial charge < -0.3 is 14.6 Å². The third kappa shape index (κ3) is 6.68. The topological polar surface area (TPSA) is 69.0 Å². The number of halogens is 3. The Morgan fingerprint density at radius 3 is 2.45 bits per heavy atom. The molecule has 1 aromatic heterocycles. The van der Waals surface area contributed by atoms with Crippen LogP contribution in [0.25, 0.3) is 0 Å². The second kappa shape index (κ2) is 11.0. The van der Waals surface area contributed by atoms with E-state index in [1.54, 1.807) is 19.1 Å². The van der Waals surface area contributed by atoms with Crippen molar-refractivity contribution in [2.45, 2.75) is 50.8 Å². The van der Waals surface area contributed by atoms with Crippen LogP contribution in [0.2, 0.25) is 5.02 Å². The largest absolute Gasteiger partial charge is 0.483 e. The molecule has 0 fully saturated rings. The number of hydrogen-bond donors (Lipinski definition) is 1. The van der Waals surface area contributed by atoms with Gasteiger partial charge in [0.25, 0.3) is 0 Å². The fraction of sp³-hybridized carbons (Fsp3) is 0.348. The molecule has 0 spiro atoms. The molecule has 3 aromatic rings. The molecule has 10 heteroatoms. The number of amides is 1. The number of anilines is 1. The first kappa shape index (κ1) is 25.0. The highest BCUT2D eigenvalue weighted by Gasteiger charge is 2.24. The van der Waals surface area contributed by atoms with Gasteiger partial charge in [-0.15, -0.1) is 10.2 Å². The summed E-state index contributed by atoms with van der Waals surface area (Å²) in [7, 11) is 0. The van der Waals surface area contributed by atoms with E-state index in [1.165, 1.54) is 42.1 Å². The second-order valence-corrected chi connectivity index (χ2v) is 9.65. The van der Waals surface area contributed by atoms with Gasteiger partial charge in [0.2, 0.25) is 5.91 Å². The van der Waals surface area contributed by atoms with E-state index in [9.17, 15) is 13.6 Å². The summed E-state index contributed by atoms with van der Waals surface area (Å²) >= 11 is 7.05. The van der Waals surface area contributed by atoms with Crippen molar-refractivity contribution in [3.8, 4) is 5.75 Å². The summed E-state index contributed by atoms with van der Waals surface area (Å²) in [4.78, 5) is 12.7. The van der Waals surface area contributed by atoms with Crippen LogP contribution in [0.5, 0.6) is 5.75 Å². The van der Waals surface area contributed by atoms with E-state index in [0.717, 1.165) is 0 Å². The van der Waals surface area contributed by atoms with Crippen molar-refractivity contribution in [2.75, 3.05) is 5.32 Å². The number of aromatic nitrogens is 3. The molecule has 0 aliphatic heterocycles. The van der Waals surface area contributed by atoms with E-state index in [2.05, 4.69) is 29.4 Å². The Bertz CT molecular complexity index is 1110. The van der Waals surface area contributed by atoms with Gasteiger partial charge in [0, 0.05) is 12.2 Å². The van der Waals surface area contributed by atoms with Crippen LogP contribution in [0.15, 0.2) is 47.6 Å². The molecule has 1 N–H and O–H groups in total. The third-order valence-corrected chi connectivity index (χ3v) is 5.99. The number of benzene rings is 2. The van der Waals surface area contributed by atoms with E-state index in [-0.39, 0.29) is 16.7 Å². The first-order valence-electron chi connectivity index (χ1n) is 10.4. The van der Waals surface area contributed by atoms with Crippen molar-refractivity contribution in [1.82, 2.24) is 14.8 Å². The van der Waals surface area contributed by atoms with Crippen LogP contribution in [-0.2, 0) is 11.3 Å². The van der Waals surface area contributed by atoms with Gasteiger partial charge in [-0.2, -0.15) is 0 Å². The van der Waals surface area contributed by atoms with Crippen LogP contribution >= 0.6 is 23.4 Å². The zero-order valence-corrected chi connectivity index (χ0v) is 20.3. The Balaban J connectivity index is 1.74. The summed E-state index contributed by atoms with van der Waals surface area (Å²) in [5.41, 5.74) is 0.407. The maximum atomic E-state index is 13.4. The van der Waals surface area contributed by atoms with Crippen molar-refractivity contribution in [2.24, 2.45) is 5.92 Å². The van der Waals surface area contributed by atoms with Crippen molar-refractivity contribution >= 4 is 35.0 Å². The lowest BCUT2D eigenvalue weighted by molar-refractivity contribution is -0.115. The zero-order valence-electron chi connectivity index (χ0n) is 18.7. The van der Waals surface area contributed by atoms with Crippen LogP contribution in [-0.4, -0.2) is 25.9 Å². The number of nitrogens with one attached hydrogen (secondary N) is 1. The molecular formula is C23H25ClF2N4O2S. The average Bonchev–Trinajstić information content (AvgIpc) is 3.14. The normalized spacial score (nSPS) is 13.1. The number of rotatable bonds is 9. The van der Waals surface area contributed by atoms with Gasteiger partial charge >= 0.3 is 0 Å². The summed E-state index contributed by atoms with van der Waals surface area (Å²) in [6, 6.07) is 9.78. The van der Waals surface area contributed by atoms with Crippen molar-refractivity contribution in [3.63, 3.8) is 0 Å². The average molecular weight is 495 g/mol. The minimum Gasteiger partial charge on any atom is -0.483 e. The van der Waals surface area contributed by atoms with Crippen molar-refractivity contribution in [1.29, 1.82) is 0 Å². The quantitative estimate of drug-likeness (QED) is 0.363. The van der Waals surface area contributed by atoms with Gasteiger partial charge in [-0.05, 0) is 62.2 Å². The molecule has 6 nitrogen and oxygen atoms in total. The number of carbonyl (C=O) groups is 1. The van der Waals surface area contributed by atoms with Gasteiger partial charge in [0.15, 0.2) is 17.1 Å². The summed E-state index contributed by atoms with van der Waals surface area (Å²) in [5.74, 6) is 0.244. The summed E-state index contributed by atoms with van der Waals surface area (Å²) in [6.45, 7) is 8.35. The minimum absolute atomic E-state index is 0.0652. The zero-order chi connectivity index (χ0) is 24.1. The SMILES string of the molecule is CC(C)Cn1c(SC(C)C(=O)Nc2ccc(F)c(Cl)c2)nnc1C(C)Oc1ccc(F)cc1. The molecule has 176 valence electrons. The maximum absolute atomic E-state index is 13.4. The first-order chi connectivity index (χ1) is 15.6. The molecule has 1 amide bonds. The fourth-order valence-electron chi connectivity index (χ4n) is 3.02. The Kier molecular flexibility index (Phi) is 8.31. The number of thioether (sulfide) groups is 1. The van der Waals surface area contributed by atoms with Gasteiger partial charge in [0.1, 0.15) is 17.4 Å². The van der Waals surface area contributed by atoms with Gasteiger partial charge in [0.05, 0.1) is 10.3 Å². The van der Waals surface area contributed by atoms with E-state index < -0.39 is 17.2 Å². The minimum atomic E-state index is -0.552. The maximum Gasteiger partial charge on any atom is 0.237 e. The van der Waals surface area contributed by atoms with Gasteiger partial charge in [-0.3, -0.25) is 4.79 Å². The monoisotopic (exact) mass is 494 g/mol. The smallest absolute Gasteiger partial charge is 0.237 e. The highest BCUT2D eigenvalue weighted by Crippen LogP contribution is 2.29. The predicted molar refractivity (Wildman–Crippen MR) is 126 cm³/mol. The lowest BCUT2D eigenvalue weighted by Crippen LogP contribution is -2.23. The molecule has 0 aliphatic carbocycles. The molecule has 0 saturated heterocycles. The third-order valence-electron chi connectivity index (χ3n) is 4.62. The fourth-order valence-corrected chi connectivity index (χ4v) is 4.07. The molecule has 0 radical (unpaired) electrons. The van der Waals surface area contributed by atoms with Crippen molar-refractivity contribution in [3.05, 3.63) is 64.9 Å². The van der Waals surface area contributed by atoms with Crippen LogP contribution in [0, 0.1) is 17.6 Å². The Hall–Kier alpha value is -2.65. The number of nitrogens with zero attached hydrogens (tertiary/aromatic N) is 3. The number of ether oxygens (including phenoxy) is 1. The molecule has 2 aromatic carbocycles. The van der Waals surface area contributed by atoms with E-state index in [0.29, 0.717) is 34.9 Å². The molecular weight excluding hydrogens is 470 g/mol. The predicted octanol–water partition coefficient (Wildman–Crippen LogP) is 6.13. The van der Waals surface area contributed by atoms with Crippen LogP contribution in [0.1, 0.15) is 39.6 Å². The number of carbonyl (C=O) groups excluding carboxylic acids is 1. The van der Waals surface area contributed by atoms with Crippen molar-refractivity contribution < 1.29 is 18.3 Å². The molecule has 0 aliphatic rings. The van der Waals surface area contributed by atoms with Gasteiger partial charge in [-0.1, -0.05) is 37.2 Å². The van der Waals surface area contributed by atoms with E-state index >= 15 is 0 Å². The molecule has 0 bridgehead atoms. The van der Waals surface area contributed by atoms with Crippen LogP contribution in [0.4, 0.5) is 14.5 Å². The Labute approximate surface area is 200 Å². The van der Waals surface area contributed by atoms with E-state index in [1.807, 2.05) is 11.5 Å². The standard InChI is InChI=1S/C23H25ClF2N4O2S/c1-13(2)12-30-21(14(3)32-18-8-5-16(25)6-9-18)28-29-23(30)33-15(4)22(31)27-17-7-10-20(26)19(24)11-17/h5-11,13-15H,12H2,1-4H3,(H,27,31). The Morgan fingerprint density at radius 2 is 1.82 bits per heavy atom. The van der Waals surface area contributed by atoms with Crippen LogP contribution < -0.4 is 10.1 Å². The first-order valence-corrected chi connectivity index (χ1v) is 11.7. The summed E-state index contributed by atoms with van der Waals surface area (Å²) < 4.78 is 34.4. The Morgan fingerprint density at radius 1 is 1.12 bits per heavy atom. The summed E-state index contributed by atoms with van der Waals surface area (Å²) in [5, 5.41) is 11.3. The van der Waals surface area contributed by atoms with Gasteiger partial charge in [-0.25, -0.2) is 8.78 Å². The summed E-state index contributed by atoms with van der Waals surface area (Å²) in [6.07, 6.45) is -0.443. The molecule has 2 atom stereocenters.